The fraction of sp³-hybridized carbons (Fsp3) is 0.250. The molecule has 1 aliphatic heterocycles. The molecule has 3 aromatic rings. The first-order valence-corrected chi connectivity index (χ1v) is 8.63. The average Bonchev–Trinajstić information content (AvgIpc) is 3.00. The lowest BCUT2D eigenvalue weighted by atomic mass is 10.1. The third-order valence-corrected chi connectivity index (χ3v) is 4.23. The monoisotopic (exact) mass is 349 g/mol. The Kier molecular flexibility index (Phi) is 4.16. The average molecular weight is 349 g/mol. The van der Waals surface area contributed by atoms with Crippen molar-refractivity contribution in [3.8, 4) is 11.5 Å². The number of ether oxygens (including phenoxy) is 2. The smallest absolute Gasteiger partial charge is 0.275 e. The van der Waals surface area contributed by atoms with Gasteiger partial charge < -0.3 is 14.8 Å². The Morgan fingerprint density at radius 1 is 1.31 bits per heavy atom. The van der Waals surface area contributed by atoms with Gasteiger partial charge >= 0.3 is 0 Å². The van der Waals surface area contributed by atoms with Crippen LogP contribution in [0.2, 0.25) is 0 Å². The van der Waals surface area contributed by atoms with Crippen LogP contribution in [0.15, 0.2) is 42.6 Å². The molecule has 0 spiro atoms. The number of fused-ring (bicyclic) bond motifs is 2. The summed E-state index contributed by atoms with van der Waals surface area (Å²) in [5, 5.41) is 2.87. The molecule has 1 amide bonds. The predicted octanol–water partition coefficient (Wildman–Crippen LogP) is 3.60. The largest absolute Gasteiger partial charge is 0.492 e. The van der Waals surface area contributed by atoms with Gasteiger partial charge in [0.05, 0.1) is 29.5 Å². The van der Waals surface area contributed by atoms with Gasteiger partial charge in [-0.2, -0.15) is 0 Å². The number of anilines is 1. The number of nitrogens with zero attached hydrogens (tertiary/aromatic N) is 2. The van der Waals surface area contributed by atoms with Crippen LogP contribution < -0.4 is 14.8 Å². The van der Waals surface area contributed by atoms with Crippen molar-refractivity contribution < 1.29 is 14.3 Å². The molecule has 0 radical (unpaired) electrons. The third-order valence-electron chi connectivity index (χ3n) is 4.23. The highest BCUT2D eigenvalue weighted by molar-refractivity contribution is 6.04. The molecule has 0 bridgehead atoms. The molecule has 0 unspecified atom stereocenters. The first-order valence-electron chi connectivity index (χ1n) is 8.63. The number of para-hydroxylation sites is 2. The number of rotatable bonds is 4. The van der Waals surface area contributed by atoms with Crippen molar-refractivity contribution in [3.05, 3.63) is 53.9 Å². The van der Waals surface area contributed by atoms with Crippen molar-refractivity contribution in [1.29, 1.82) is 0 Å². The number of hydrogen-bond acceptors (Lipinski definition) is 5. The normalized spacial score (nSPS) is 15.4. The van der Waals surface area contributed by atoms with Crippen molar-refractivity contribution in [3.63, 3.8) is 0 Å². The Labute approximate surface area is 151 Å². The number of carbonyl (C=O) groups is 1. The molecule has 26 heavy (non-hydrogen) atoms. The van der Waals surface area contributed by atoms with Crippen molar-refractivity contribution in [1.82, 2.24) is 9.97 Å². The van der Waals surface area contributed by atoms with Gasteiger partial charge in [-0.25, -0.2) is 4.98 Å². The van der Waals surface area contributed by atoms with E-state index in [1.54, 1.807) is 0 Å². The zero-order chi connectivity index (χ0) is 18.1. The molecule has 6 heteroatoms. The van der Waals surface area contributed by atoms with Crippen LogP contribution in [-0.2, 0) is 6.42 Å². The zero-order valence-electron chi connectivity index (χ0n) is 14.7. The topological polar surface area (TPSA) is 73.3 Å². The molecule has 1 N–H and O–H groups in total. The van der Waals surface area contributed by atoms with Gasteiger partial charge in [-0.15, -0.1) is 0 Å². The van der Waals surface area contributed by atoms with Crippen LogP contribution in [0.3, 0.4) is 0 Å². The number of benzene rings is 2. The van der Waals surface area contributed by atoms with E-state index in [1.807, 2.05) is 50.2 Å². The summed E-state index contributed by atoms with van der Waals surface area (Å²) < 4.78 is 11.5. The van der Waals surface area contributed by atoms with Gasteiger partial charge in [-0.3, -0.25) is 9.78 Å². The standard InChI is InChI=1S/C20H19N3O3/c1-3-25-19-9-13-8-12(2)26-18(13)10-16(19)23-20(24)17-11-21-14-6-4-5-7-15(14)22-17/h4-7,9-12H,3,8H2,1-2H3,(H,23,24)/t12-/m1/s1. The molecule has 1 atom stereocenters. The maximum Gasteiger partial charge on any atom is 0.275 e. The molecule has 132 valence electrons. The van der Waals surface area contributed by atoms with Crippen LogP contribution in [0.1, 0.15) is 29.9 Å². The minimum atomic E-state index is -0.338. The molecule has 2 heterocycles. The van der Waals surface area contributed by atoms with Crippen LogP contribution in [0.25, 0.3) is 11.0 Å². The van der Waals surface area contributed by atoms with Gasteiger partial charge in [-0.1, -0.05) is 12.1 Å². The summed E-state index contributed by atoms with van der Waals surface area (Å²) in [6.45, 7) is 4.43. The summed E-state index contributed by atoms with van der Waals surface area (Å²) in [6.07, 6.45) is 2.43. The van der Waals surface area contributed by atoms with Crippen LogP contribution in [-0.4, -0.2) is 28.6 Å². The Balaban J connectivity index is 1.65. The molecule has 2 aromatic carbocycles. The second-order valence-electron chi connectivity index (χ2n) is 6.22. The molecule has 0 fully saturated rings. The van der Waals surface area contributed by atoms with Crippen LogP contribution in [0.4, 0.5) is 5.69 Å². The molecule has 1 aromatic heterocycles. The lowest BCUT2D eigenvalue weighted by Crippen LogP contribution is -2.15. The maximum absolute atomic E-state index is 12.7. The van der Waals surface area contributed by atoms with E-state index in [-0.39, 0.29) is 17.7 Å². The summed E-state index contributed by atoms with van der Waals surface area (Å²) >= 11 is 0. The predicted molar refractivity (Wildman–Crippen MR) is 98.9 cm³/mol. The van der Waals surface area contributed by atoms with Gasteiger partial charge in [-0.05, 0) is 32.0 Å². The van der Waals surface area contributed by atoms with Crippen LogP contribution in [0, 0.1) is 0 Å². The van der Waals surface area contributed by atoms with Crippen molar-refractivity contribution in [2.45, 2.75) is 26.4 Å². The quantitative estimate of drug-likeness (QED) is 0.779. The van der Waals surface area contributed by atoms with Crippen LogP contribution >= 0.6 is 0 Å². The number of aromatic nitrogens is 2. The van der Waals surface area contributed by atoms with Gasteiger partial charge in [0.1, 0.15) is 23.3 Å². The van der Waals surface area contributed by atoms with Gasteiger partial charge in [0, 0.05) is 18.1 Å². The molecule has 0 aliphatic carbocycles. The highest BCUT2D eigenvalue weighted by atomic mass is 16.5. The fourth-order valence-corrected chi connectivity index (χ4v) is 3.06. The Morgan fingerprint density at radius 3 is 2.92 bits per heavy atom. The minimum Gasteiger partial charge on any atom is -0.492 e. The Morgan fingerprint density at radius 2 is 2.12 bits per heavy atom. The second-order valence-corrected chi connectivity index (χ2v) is 6.22. The molecule has 1 aliphatic rings. The molecule has 0 saturated heterocycles. The van der Waals surface area contributed by atoms with Crippen molar-refractivity contribution >= 4 is 22.6 Å². The second kappa shape index (κ2) is 6.63. The molecule has 4 rings (SSSR count). The number of nitrogens with one attached hydrogen (secondary N) is 1. The molecule has 0 saturated carbocycles. The highest BCUT2D eigenvalue weighted by Gasteiger charge is 2.23. The van der Waals surface area contributed by atoms with Gasteiger partial charge in [0.15, 0.2) is 0 Å². The van der Waals surface area contributed by atoms with Crippen molar-refractivity contribution in [2.24, 2.45) is 0 Å². The van der Waals surface area contributed by atoms with E-state index in [0.29, 0.717) is 23.6 Å². The lowest BCUT2D eigenvalue weighted by molar-refractivity contribution is 0.102. The van der Waals surface area contributed by atoms with E-state index in [4.69, 9.17) is 9.47 Å². The van der Waals surface area contributed by atoms with E-state index in [1.165, 1.54) is 6.20 Å². The number of hydrogen-bond donors (Lipinski definition) is 1. The summed E-state index contributed by atoms with van der Waals surface area (Å²) in [5.41, 5.74) is 3.33. The Bertz CT molecular complexity index is 987. The Hall–Kier alpha value is -3.15. The number of carbonyl (C=O) groups excluding carboxylic acids is 1. The van der Waals surface area contributed by atoms with E-state index in [2.05, 4.69) is 15.3 Å². The van der Waals surface area contributed by atoms with Crippen LogP contribution in [0.5, 0.6) is 11.5 Å². The van der Waals surface area contributed by atoms with Gasteiger partial charge in [0.25, 0.3) is 5.91 Å². The third kappa shape index (κ3) is 3.06. The zero-order valence-corrected chi connectivity index (χ0v) is 14.7. The summed E-state index contributed by atoms with van der Waals surface area (Å²) in [6, 6.07) is 11.2. The minimum absolute atomic E-state index is 0.122. The maximum atomic E-state index is 12.7. The van der Waals surface area contributed by atoms with E-state index in [9.17, 15) is 4.79 Å². The number of amides is 1. The molecular formula is C20H19N3O3. The fourth-order valence-electron chi connectivity index (χ4n) is 3.06. The SMILES string of the molecule is CCOc1cc2c(cc1NC(=O)c1cnc3ccccc3n1)O[C@H](C)C2. The molecule has 6 nitrogen and oxygen atoms in total. The van der Waals surface area contributed by atoms with Gasteiger partial charge in [0.2, 0.25) is 0 Å². The molecular weight excluding hydrogens is 330 g/mol. The first kappa shape index (κ1) is 16.3. The summed E-state index contributed by atoms with van der Waals surface area (Å²) in [5.74, 6) is 1.07. The summed E-state index contributed by atoms with van der Waals surface area (Å²) in [7, 11) is 0. The van der Waals surface area contributed by atoms with E-state index >= 15 is 0 Å². The van der Waals surface area contributed by atoms with E-state index < -0.39 is 0 Å². The van der Waals surface area contributed by atoms with Crippen molar-refractivity contribution in [2.75, 3.05) is 11.9 Å². The highest BCUT2D eigenvalue weighted by Crippen LogP contribution is 2.38. The lowest BCUT2D eigenvalue weighted by Gasteiger charge is -2.13. The summed E-state index contributed by atoms with van der Waals surface area (Å²) in [4.78, 5) is 21.3. The van der Waals surface area contributed by atoms with E-state index in [0.717, 1.165) is 23.3 Å². The first-order chi connectivity index (χ1) is 12.6.